The summed E-state index contributed by atoms with van der Waals surface area (Å²) in [6.45, 7) is 0. The molecule has 5 nitrogen and oxygen atoms in total. The maximum absolute atomic E-state index is 5.99. The molecule has 0 atom stereocenters. The average Bonchev–Trinajstić information content (AvgIpc) is 3.39. The van der Waals surface area contributed by atoms with Gasteiger partial charge in [0, 0.05) is 5.56 Å². The highest BCUT2D eigenvalue weighted by Crippen LogP contribution is 2.58. The fourth-order valence-corrected chi connectivity index (χ4v) is 9.04. The summed E-state index contributed by atoms with van der Waals surface area (Å²) >= 11 is 0. The van der Waals surface area contributed by atoms with E-state index in [1.807, 2.05) is 0 Å². The number of halogens is 2. The lowest BCUT2D eigenvalue weighted by atomic mass is 10.1. The van der Waals surface area contributed by atoms with E-state index in [2.05, 4.69) is 135 Å². The number of nitrogens with zero attached hydrogens (tertiary/aromatic N) is 3. The molecule has 6 rings (SSSR count). The van der Waals surface area contributed by atoms with Crippen LogP contribution in [0.25, 0.3) is 22.6 Å². The van der Waals surface area contributed by atoms with E-state index in [0.29, 0.717) is 17.0 Å². The molecule has 0 unspecified atom stereocenters. The summed E-state index contributed by atoms with van der Waals surface area (Å²) in [4.78, 5) is 16.2. The zero-order valence-corrected chi connectivity index (χ0v) is 24.6. The second kappa shape index (κ2) is 12.0. The molecule has 0 saturated carbocycles. The number of benzene rings is 4. The molecule has 0 saturated heterocycles. The number of rotatable bonds is 6. The molecule has 0 radical (unpaired) electrons. The first-order valence-corrected chi connectivity index (χ1v) is 13.8. The second-order valence-electron chi connectivity index (χ2n) is 8.71. The van der Waals surface area contributed by atoms with Crippen LogP contribution in [-0.2, 0) is 6.16 Å². The van der Waals surface area contributed by atoms with Crippen LogP contribution in [0.3, 0.4) is 0 Å². The highest BCUT2D eigenvalue weighted by molar-refractivity contribution is 8.93. The van der Waals surface area contributed by atoms with Crippen LogP contribution in [0.15, 0.2) is 122 Å². The van der Waals surface area contributed by atoms with Gasteiger partial charge in [0.15, 0.2) is 11.5 Å². The van der Waals surface area contributed by atoms with Crippen LogP contribution in [0, 0.1) is 0 Å². The Kier molecular flexibility index (Phi) is 8.72. The van der Waals surface area contributed by atoms with Crippen molar-refractivity contribution in [1.29, 1.82) is 0 Å². The number of aromatic amines is 1. The maximum atomic E-state index is 5.99. The van der Waals surface area contributed by atoms with Crippen LogP contribution >= 0.6 is 24.2 Å². The Morgan fingerprint density at radius 1 is 0.658 bits per heavy atom. The molecule has 38 heavy (non-hydrogen) atoms. The molecule has 0 fully saturated rings. The number of nitrogens with one attached hydrogen (secondary N) is 1. The molecule has 6 aromatic rings. The summed E-state index contributed by atoms with van der Waals surface area (Å²) in [5.74, 6) is 1.14. The van der Waals surface area contributed by atoms with Gasteiger partial charge in [0.05, 0.1) is 6.16 Å². The van der Waals surface area contributed by atoms with E-state index in [9.17, 15) is 0 Å². The van der Waals surface area contributed by atoms with Crippen LogP contribution in [0.1, 0.15) is 5.56 Å². The fourth-order valence-electron chi connectivity index (χ4n) is 4.79. The topological polar surface area (TPSA) is 80.5 Å². The van der Waals surface area contributed by atoms with Crippen molar-refractivity contribution in [1.82, 2.24) is 19.9 Å². The number of hydrogen-bond donors (Lipinski definition) is 2. The predicted octanol–water partition coefficient (Wildman–Crippen LogP) is 2.68. The predicted molar refractivity (Wildman–Crippen MR) is 161 cm³/mol. The SMILES string of the molecule is Br.Nc1ncnc2nc(-c3ccc(C[P+](c4ccccc4)(c4ccccc4)c4ccccc4)cc3)[nH]c12.[Br-]. The molecule has 0 bridgehead atoms. The Bertz CT molecular complexity index is 1510. The van der Waals surface area contributed by atoms with Crippen LogP contribution in [0.2, 0.25) is 0 Å². The number of H-pyrrole nitrogens is 1. The number of nitrogens with two attached hydrogens (primary N) is 1. The maximum Gasteiger partial charge on any atom is 0.183 e. The quantitative estimate of drug-likeness (QED) is 0.273. The van der Waals surface area contributed by atoms with Crippen molar-refractivity contribution in [3.05, 3.63) is 127 Å². The minimum atomic E-state index is -1.95. The molecule has 2 heterocycles. The Hall–Kier alpha value is -3.38. The average molecular weight is 647 g/mol. The number of aromatic nitrogens is 4. The first-order valence-electron chi connectivity index (χ1n) is 11.8. The molecule has 0 spiro atoms. The standard InChI is InChI=1S/C30H25N5P.2BrH/c31-28-27-30(33-21-32-28)35-29(34-27)23-18-16-22(17-19-23)20-36(24-10-4-1-5-11-24,25-12-6-2-7-13-25)26-14-8-3-9-15-26;;/h1-19,21H,20H2,(H3,31,32,33,34,35);2*1H/q+1;;/p-1. The smallest absolute Gasteiger partial charge is 0.183 e. The van der Waals surface area contributed by atoms with Crippen molar-refractivity contribution in [3.8, 4) is 11.4 Å². The van der Waals surface area contributed by atoms with Crippen LogP contribution < -0.4 is 38.6 Å². The number of nitrogen functional groups attached to an aromatic ring is 1. The van der Waals surface area contributed by atoms with Crippen molar-refractivity contribution < 1.29 is 17.0 Å². The summed E-state index contributed by atoms with van der Waals surface area (Å²) in [7, 11) is -1.95. The molecule has 3 N–H and O–H groups in total. The molecule has 190 valence electrons. The summed E-state index contributed by atoms with van der Waals surface area (Å²) < 4.78 is 0. The lowest BCUT2D eigenvalue weighted by Crippen LogP contribution is -3.00. The van der Waals surface area contributed by atoms with Gasteiger partial charge in [-0.2, -0.15) is 0 Å². The van der Waals surface area contributed by atoms with Crippen molar-refractivity contribution >= 4 is 57.1 Å². The fraction of sp³-hybridized carbons (Fsp3) is 0.0333. The van der Waals surface area contributed by atoms with Crippen LogP contribution in [0.5, 0.6) is 0 Å². The van der Waals surface area contributed by atoms with Gasteiger partial charge < -0.3 is 27.7 Å². The van der Waals surface area contributed by atoms with E-state index in [0.717, 1.165) is 17.5 Å². The lowest BCUT2D eigenvalue weighted by molar-refractivity contribution is -0.00000741. The van der Waals surface area contributed by atoms with Crippen molar-refractivity contribution in [2.45, 2.75) is 6.16 Å². The number of hydrogen-bond acceptors (Lipinski definition) is 4. The first kappa shape index (κ1) is 27.6. The number of fused-ring (bicyclic) bond motifs is 1. The van der Waals surface area contributed by atoms with E-state index in [4.69, 9.17) is 5.73 Å². The number of anilines is 1. The molecular formula is C30H26Br2N5P. The summed E-state index contributed by atoms with van der Waals surface area (Å²) in [5.41, 5.74) is 9.49. The van der Waals surface area contributed by atoms with Gasteiger partial charge in [-0.3, -0.25) is 0 Å². The van der Waals surface area contributed by atoms with Crippen molar-refractivity contribution in [2.24, 2.45) is 0 Å². The number of imidazole rings is 1. The Balaban J connectivity index is 0.00000168. The largest absolute Gasteiger partial charge is 1.00 e. The van der Waals surface area contributed by atoms with Crippen molar-refractivity contribution in [3.63, 3.8) is 0 Å². The molecule has 4 aromatic carbocycles. The van der Waals surface area contributed by atoms with Gasteiger partial charge in [0.2, 0.25) is 0 Å². The molecular weight excluding hydrogens is 621 g/mol. The van der Waals surface area contributed by atoms with E-state index >= 15 is 0 Å². The summed E-state index contributed by atoms with van der Waals surface area (Å²) in [6.07, 6.45) is 2.36. The minimum absolute atomic E-state index is 0. The van der Waals surface area contributed by atoms with Crippen molar-refractivity contribution in [2.75, 3.05) is 5.73 Å². The molecule has 8 heteroatoms. The second-order valence-corrected chi connectivity index (χ2v) is 12.2. The van der Waals surface area contributed by atoms with Gasteiger partial charge >= 0.3 is 0 Å². The molecule has 0 aliphatic carbocycles. The van der Waals surface area contributed by atoms with Gasteiger partial charge in [-0.05, 0) is 42.0 Å². The van der Waals surface area contributed by atoms with E-state index < -0.39 is 7.26 Å². The first-order chi connectivity index (χ1) is 17.7. The lowest BCUT2D eigenvalue weighted by Gasteiger charge is -2.28. The Morgan fingerprint density at radius 2 is 1.16 bits per heavy atom. The van der Waals surface area contributed by atoms with Crippen LogP contribution in [-0.4, -0.2) is 19.9 Å². The summed E-state index contributed by atoms with van der Waals surface area (Å²) in [6, 6.07) is 41.5. The van der Waals surface area contributed by atoms with Gasteiger partial charge in [-0.25, -0.2) is 15.0 Å². The van der Waals surface area contributed by atoms with Gasteiger partial charge in [0.1, 0.15) is 40.8 Å². The Morgan fingerprint density at radius 3 is 1.63 bits per heavy atom. The summed E-state index contributed by atoms with van der Waals surface area (Å²) in [5, 5.41) is 4.12. The van der Waals surface area contributed by atoms with E-state index in [-0.39, 0.29) is 34.0 Å². The molecule has 0 amide bonds. The molecule has 2 aromatic heterocycles. The minimum Gasteiger partial charge on any atom is -1.00 e. The zero-order valence-electron chi connectivity index (χ0n) is 20.4. The monoisotopic (exact) mass is 645 g/mol. The van der Waals surface area contributed by atoms with E-state index in [1.54, 1.807) is 0 Å². The van der Waals surface area contributed by atoms with Gasteiger partial charge in [-0.15, -0.1) is 17.0 Å². The Labute approximate surface area is 243 Å². The van der Waals surface area contributed by atoms with Gasteiger partial charge in [-0.1, -0.05) is 78.9 Å². The van der Waals surface area contributed by atoms with E-state index in [1.165, 1.54) is 27.8 Å². The third kappa shape index (κ3) is 5.14. The molecule has 0 aliphatic heterocycles. The highest BCUT2D eigenvalue weighted by atomic mass is 79.9. The highest BCUT2D eigenvalue weighted by Gasteiger charge is 2.45. The third-order valence-corrected chi connectivity index (χ3v) is 10.9. The molecule has 0 aliphatic rings. The normalized spacial score (nSPS) is 10.9. The van der Waals surface area contributed by atoms with Crippen LogP contribution in [0.4, 0.5) is 5.82 Å². The third-order valence-electron chi connectivity index (χ3n) is 6.56. The van der Waals surface area contributed by atoms with Gasteiger partial charge in [0.25, 0.3) is 0 Å². The zero-order chi connectivity index (χ0) is 24.4.